The highest BCUT2D eigenvalue weighted by atomic mass is 35.5. The fourth-order valence-corrected chi connectivity index (χ4v) is 4.43. The summed E-state index contributed by atoms with van der Waals surface area (Å²) in [5, 5.41) is 11.8. The van der Waals surface area contributed by atoms with Crippen molar-refractivity contribution in [3.05, 3.63) is 87.2 Å². The summed E-state index contributed by atoms with van der Waals surface area (Å²) in [6.45, 7) is 3.29. The molecule has 0 saturated heterocycles. The number of esters is 2. The van der Waals surface area contributed by atoms with Crippen molar-refractivity contribution in [2.24, 2.45) is 5.92 Å². The Morgan fingerprint density at radius 3 is 2.07 bits per heavy atom. The molecule has 2 atom stereocenters. The number of ketones is 1. The SMILES string of the molecule is COc1ccnc(C(=O)C[C@@H](C)C(=O)O[C@@H](C)C(O)(c2ccc(Cl)cc2F)c2ccc(Cl)cc2F)c1OCOC(C)=O. The molecular formula is C29H27Cl2F2NO8. The van der Waals surface area contributed by atoms with Crippen LogP contribution in [0.15, 0.2) is 48.7 Å². The largest absolute Gasteiger partial charge is 0.493 e. The van der Waals surface area contributed by atoms with Gasteiger partial charge in [-0.2, -0.15) is 0 Å². The maximum absolute atomic E-state index is 15.1. The van der Waals surface area contributed by atoms with Gasteiger partial charge in [0.1, 0.15) is 17.7 Å². The maximum atomic E-state index is 15.1. The lowest BCUT2D eigenvalue weighted by molar-refractivity contribution is -0.164. The van der Waals surface area contributed by atoms with Gasteiger partial charge in [-0.3, -0.25) is 14.4 Å². The highest BCUT2D eigenvalue weighted by Gasteiger charge is 2.45. The number of aromatic nitrogens is 1. The molecule has 224 valence electrons. The zero-order chi connectivity index (χ0) is 31.2. The average molecular weight is 626 g/mol. The van der Waals surface area contributed by atoms with Gasteiger partial charge in [-0.1, -0.05) is 42.3 Å². The number of halogens is 4. The molecule has 2 aromatic carbocycles. The second-order valence-electron chi connectivity index (χ2n) is 9.21. The first-order valence-corrected chi connectivity index (χ1v) is 13.2. The van der Waals surface area contributed by atoms with E-state index in [9.17, 15) is 19.5 Å². The summed E-state index contributed by atoms with van der Waals surface area (Å²) in [5.74, 6) is -5.26. The molecule has 13 heteroatoms. The summed E-state index contributed by atoms with van der Waals surface area (Å²) in [4.78, 5) is 41.4. The monoisotopic (exact) mass is 625 g/mol. The van der Waals surface area contributed by atoms with E-state index in [4.69, 9.17) is 42.1 Å². The minimum absolute atomic E-state index is 0.0225. The molecule has 0 unspecified atom stereocenters. The van der Waals surface area contributed by atoms with Crippen molar-refractivity contribution in [2.45, 2.75) is 38.9 Å². The lowest BCUT2D eigenvalue weighted by Gasteiger charge is -2.35. The maximum Gasteiger partial charge on any atom is 0.309 e. The van der Waals surface area contributed by atoms with Gasteiger partial charge in [0.25, 0.3) is 0 Å². The molecule has 0 aliphatic heterocycles. The summed E-state index contributed by atoms with van der Waals surface area (Å²) in [6, 6.07) is 8.14. The Morgan fingerprint density at radius 2 is 1.57 bits per heavy atom. The molecule has 1 heterocycles. The van der Waals surface area contributed by atoms with Crippen LogP contribution in [0.5, 0.6) is 11.5 Å². The van der Waals surface area contributed by atoms with Crippen LogP contribution in [0.2, 0.25) is 10.0 Å². The second kappa shape index (κ2) is 13.9. The summed E-state index contributed by atoms with van der Waals surface area (Å²) < 4.78 is 50.9. The smallest absolute Gasteiger partial charge is 0.309 e. The van der Waals surface area contributed by atoms with E-state index < -0.39 is 71.3 Å². The molecule has 42 heavy (non-hydrogen) atoms. The van der Waals surface area contributed by atoms with Gasteiger partial charge in [0.15, 0.2) is 28.6 Å². The fourth-order valence-electron chi connectivity index (χ4n) is 4.11. The minimum atomic E-state index is -2.52. The van der Waals surface area contributed by atoms with Crippen LogP contribution in [-0.2, 0) is 24.7 Å². The van der Waals surface area contributed by atoms with Crippen LogP contribution in [-0.4, -0.2) is 47.8 Å². The van der Waals surface area contributed by atoms with Crippen molar-refractivity contribution < 1.29 is 47.2 Å². The van der Waals surface area contributed by atoms with Crippen LogP contribution < -0.4 is 9.47 Å². The van der Waals surface area contributed by atoms with E-state index in [1.807, 2.05) is 0 Å². The number of hydrogen-bond donors (Lipinski definition) is 1. The number of carbonyl (C=O) groups is 3. The van der Waals surface area contributed by atoms with Gasteiger partial charge >= 0.3 is 11.9 Å². The molecule has 0 aliphatic carbocycles. The number of benzene rings is 2. The number of methoxy groups -OCH3 is 1. The van der Waals surface area contributed by atoms with Crippen LogP contribution in [0, 0.1) is 17.6 Å². The summed E-state index contributed by atoms with van der Waals surface area (Å²) in [6.07, 6.45) is -0.706. The molecule has 9 nitrogen and oxygen atoms in total. The lowest BCUT2D eigenvalue weighted by Crippen LogP contribution is -2.44. The number of Topliss-reactive ketones (excluding diaryl/α,β-unsaturated/α-hetero) is 1. The number of hydrogen-bond acceptors (Lipinski definition) is 9. The number of rotatable bonds is 12. The topological polar surface area (TPSA) is 121 Å². The molecule has 3 rings (SSSR count). The van der Waals surface area contributed by atoms with Crippen LogP contribution in [0.1, 0.15) is 48.8 Å². The van der Waals surface area contributed by atoms with Crippen LogP contribution >= 0.6 is 23.2 Å². The Hall–Kier alpha value is -3.80. The van der Waals surface area contributed by atoms with E-state index in [1.54, 1.807) is 0 Å². The summed E-state index contributed by atoms with van der Waals surface area (Å²) in [7, 11) is 1.33. The van der Waals surface area contributed by atoms with Crippen molar-refractivity contribution in [2.75, 3.05) is 13.9 Å². The Labute approximate surface area is 250 Å². The quantitative estimate of drug-likeness (QED) is 0.154. The molecule has 0 fully saturated rings. The van der Waals surface area contributed by atoms with Crippen LogP contribution in [0.25, 0.3) is 0 Å². The third kappa shape index (κ3) is 7.33. The van der Waals surface area contributed by atoms with Crippen molar-refractivity contribution in [3.8, 4) is 11.5 Å². The van der Waals surface area contributed by atoms with Gasteiger partial charge in [-0.25, -0.2) is 13.8 Å². The first-order chi connectivity index (χ1) is 19.8. The Morgan fingerprint density at radius 1 is 1.00 bits per heavy atom. The van der Waals surface area contributed by atoms with Crippen molar-refractivity contribution >= 4 is 40.9 Å². The van der Waals surface area contributed by atoms with E-state index in [2.05, 4.69) is 4.98 Å². The summed E-state index contributed by atoms with van der Waals surface area (Å²) >= 11 is 11.7. The van der Waals surface area contributed by atoms with E-state index in [1.165, 1.54) is 52.3 Å². The van der Waals surface area contributed by atoms with Crippen molar-refractivity contribution in [3.63, 3.8) is 0 Å². The van der Waals surface area contributed by atoms with Crippen LogP contribution in [0.3, 0.4) is 0 Å². The fraction of sp³-hybridized carbons (Fsp3) is 0.310. The first kappa shape index (κ1) is 32.7. The van der Waals surface area contributed by atoms with E-state index in [-0.39, 0.29) is 27.2 Å². The second-order valence-corrected chi connectivity index (χ2v) is 10.1. The molecule has 3 aromatic rings. The predicted molar refractivity (Wildman–Crippen MR) is 148 cm³/mol. The van der Waals surface area contributed by atoms with E-state index in [0.29, 0.717) is 0 Å². The molecular weight excluding hydrogens is 599 g/mol. The number of nitrogens with zero attached hydrogens (tertiary/aromatic N) is 1. The van der Waals surface area contributed by atoms with Crippen LogP contribution in [0.4, 0.5) is 8.78 Å². The molecule has 0 amide bonds. The lowest BCUT2D eigenvalue weighted by atomic mass is 9.81. The van der Waals surface area contributed by atoms with Crippen molar-refractivity contribution in [1.82, 2.24) is 4.98 Å². The molecule has 0 bridgehead atoms. The normalized spacial score (nSPS) is 12.7. The molecule has 0 spiro atoms. The minimum Gasteiger partial charge on any atom is -0.493 e. The van der Waals surface area contributed by atoms with E-state index >= 15 is 8.78 Å². The molecule has 1 aromatic heterocycles. The molecule has 0 aliphatic rings. The van der Waals surface area contributed by atoms with E-state index in [0.717, 1.165) is 24.3 Å². The van der Waals surface area contributed by atoms with Gasteiger partial charge in [-0.15, -0.1) is 0 Å². The number of aliphatic hydroxyl groups is 1. The third-order valence-electron chi connectivity index (χ3n) is 6.28. The van der Waals surface area contributed by atoms with Crippen molar-refractivity contribution in [1.29, 1.82) is 0 Å². The van der Waals surface area contributed by atoms with Gasteiger partial charge in [0.2, 0.25) is 6.79 Å². The zero-order valence-corrected chi connectivity index (χ0v) is 24.5. The summed E-state index contributed by atoms with van der Waals surface area (Å²) in [5.41, 5.74) is -3.54. The molecule has 0 radical (unpaired) electrons. The predicted octanol–water partition coefficient (Wildman–Crippen LogP) is 5.65. The Kier molecular flexibility index (Phi) is 10.8. The number of carbonyl (C=O) groups excluding carboxylic acids is 3. The highest BCUT2D eigenvalue weighted by molar-refractivity contribution is 6.30. The Balaban J connectivity index is 1.87. The number of ether oxygens (including phenoxy) is 4. The zero-order valence-electron chi connectivity index (χ0n) is 23.0. The molecule has 0 saturated carbocycles. The van der Waals surface area contributed by atoms with Gasteiger partial charge in [0, 0.05) is 46.8 Å². The number of pyridine rings is 1. The van der Waals surface area contributed by atoms with Gasteiger partial charge < -0.3 is 24.1 Å². The highest BCUT2D eigenvalue weighted by Crippen LogP contribution is 2.39. The molecule has 1 N–H and O–H groups in total. The standard InChI is InChI=1S/C29H27Cl2F2NO8/c1-15(11-24(36)26-27(41-14-40-17(3)35)25(39-4)9-10-34-26)28(37)42-16(2)29(38,20-7-5-18(30)12-22(20)32)21-8-6-19(31)13-23(21)33/h5-10,12-13,15-16,38H,11,14H2,1-4H3/t15-,16+/m1/s1. The first-order valence-electron chi connectivity index (χ1n) is 12.5. The Bertz CT molecular complexity index is 1430. The third-order valence-corrected chi connectivity index (χ3v) is 6.75. The van der Waals surface area contributed by atoms with Gasteiger partial charge in [0.05, 0.1) is 13.0 Å². The average Bonchev–Trinajstić information content (AvgIpc) is 2.92. The van der Waals surface area contributed by atoms with Gasteiger partial charge in [-0.05, 0) is 31.2 Å².